The second-order valence-electron chi connectivity index (χ2n) is 7.80. The number of aromatic nitrogens is 2. The molecule has 0 fully saturated rings. The molecule has 7 nitrogen and oxygen atoms in total. The number of nitrogens with zero attached hydrogens (tertiary/aromatic N) is 3. The zero-order valence-corrected chi connectivity index (χ0v) is 18.8. The molecule has 0 unspecified atom stereocenters. The fourth-order valence-corrected chi connectivity index (χ4v) is 3.68. The third-order valence-electron chi connectivity index (χ3n) is 5.50. The molecule has 0 N–H and O–H groups in total. The van der Waals surface area contributed by atoms with Crippen LogP contribution in [0.2, 0.25) is 0 Å². The normalized spacial score (nSPS) is 10.6. The Labute approximate surface area is 197 Å². The van der Waals surface area contributed by atoms with Crippen LogP contribution < -0.4 is 20.9 Å². The molecular formula is C27H25N3O4. The zero-order chi connectivity index (χ0) is 23.9. The Kier molecular flexibility index (Phi) is 7.03. The zero-order valence-electron chi connectivity index (χ0n) is 18.8. The summed E-state index contributed by atoms with van der Waals surface area (Å²) < 4.78 is 7.63. The number of ether oxygens (including phenoxy) is 1. The molecule has 7 heteroatoms. The minimum Gasteiger partial charge on any atom is -0.497 e. The number of hydrogen-bond acceptors (Lipinski definition) is 4. The number of hydrogen-bond donors (Lipinski definition) is 0. The van der Waals surface area contributed by atoms with Crippen molar-refractivity contribution in [2.75, 3.05) is 12.0 Å². The van der Waals surface area contributed by atoms with Crippen LogP contribution in [0, 0.1) is 0 Å². The number of methoxy groups -OCH3 is 1. The first-order valence-electron chi connectivity index (χ1n) is 10.9. The highest BCUT2D eigenvalue weighted by Crippen LogP contribution is 2.21. The van der Waals surface area contributed by atoms with Crippen molar-refractivity contribution in [3.05, 3.63) is 129 Å². The molecule has 4 aromatic rings. The van der Waals surface area contributed by atoms with Gasteiger partial charge in [-0.2, -0.15) is 0 Å². The highest BCUT2D eigenvalue weighted by molar-refractivity contribution is 5.93. The van der Waals surface area contributed by atoms with Gasteiger partial charge >= 0.3 is 5.69 Å². The molecule has 0 saturated heterocycles. The lowest BCUT2D eigenvalue weighted by Crippen LogP contribution is -2.44. The van der Waals surface area contributed by atoms with E-state index in [1.54, 1.807) is 36.3 Å². The van der Waals surface area contributed by atoms with E-state index >= 15 is 0 Å². The Hall–Kier alpha value is -4.39. The molecule has 0 saturated carbocycles. The molecule has 0 bridgehead atoms. The van der Waals surface area contributed by atoms with Crippen LogP contribution in [0.1, 0.15) is 11.1 Å². The van der Waals surface area contributed by atoms with Crippen molar-refractivity contribution in [1.82, 2.24) is 9.13 Å². The van der Waals surface area contributed by atoms with E-state index in [0.29, 0.717) is 24.5 Å². The average molecular weight is 456 g/mol. The van der Waals surface area contributed by atoms with Gasteiger partial charge in [-0.05, 0) is 35.4 Å². The molecule has 1 heterocycles. The summed E-state index contributed by atoms with van der Waals surface area (Å²) in [6, 6.07) is 27.4. The van der Waals surface area contributed by atoms with Crippen LogP contribution in [-0.2, 0) is 24.4 Å². The molecule has 1 aromatic heterocycles. The molecule has 4 rings (SSSR count). The standard InChI is InChI=1S/C27H25N3O4/c1-34-24-14-12-23(13-15-24)29(19-22-10-6-3-7-11-22)26(32)20-30-25(31)16-17-28(27(30)33)18-21-8-4-2-5-9-21/h2-17H,18-20H2,1H3. The summed E-state index contributed by atoms with van der Waals surface area (Å²) in [6.45, 7) is 0.234. The first-order valence-corrected chi connectivity index (χ1v) is 10.9. The van der Waals surface area contributed by atoms with Crippen molar-refractivity contribution < 1.29 is 9.53 Å². The molecule has 0 aliphatic carbocycles. The minimum absolute atomic E-state index is 0.297. The number of carbonyl (C=O) groups excluding carboxylic acids is 1. The number of benzene rings is 3. The van der Waals surface area contributed by atoms with Gasteiger partial charge in [0.15, 0.2) is 0 Å². The molecule has 3 aromatic carbocycles. The lowest BCUT2D eigenvalue weighted by molar-refractivity contribution is -0.119. The first-order chi connectivity index (χ1) is 16.5. The fourth-order valence-electron chi connectivity index (χ4n) is 3.68. The van der Waals surface area contributed by atoms with Gasteiger partial charge in [-0.15, -0.1) is 0 Å². The van der Waals surface area contributed by atoms with Gasteiger partial charge in [-0.25, -0.2) is 4.79 Å². The van der Waals surface area contributed by atoms with E-state index in [0.717, 1.165) is 15.7 Å². The van der Waals surface area contributed by atoms with Crippen molar-refractivity contribution in [2.45, 2.75) is 19.6 Å². The summed E-state index contributed by atoms with van der Waals surface area (Å²) in [5.74, 6) is 0.296. The topological polar surface area (TPSA) is 73.5 Å². The van der Waals surface area contributed by atoms with Crippen molar-refractivity contribution in [3.8, 4) is 5.75 Å². The van der Waals surface area contributed by atoms with Gasteiger partial charge in [0.1, 0.15) is 12.3 Å². The molecule has 0 atom stereocenters. The van der Waals surface area contributed by atoms with E-state index in [4.69, 9.17) is 4.74 Å². The van der Waals surface area contributed by atoms with Crippen molar-refractivity contribution in [3.63, 3.8) is 0 Å². The summed E-state index contributed by atoms with van der Waals surface area (Å²) in [7, 11) is 1.57. The number of anilines is 1. The quantitative estimate of drug-likeness (QED) is 0.409. The summed E-state index contributed by atoms with van der Waals surface area (Å²) in [4.78, 5) is 40.6. The lowest BCUT2D eigenvalue weighted by Gasteiger charge is -2.24. The van der Waals surface area contributed by atoms with Crippen LogP contribution in [0.25, 0.3) is 0 Å². The molecule has 1 amide bonds. The molecule has 0 radical (unpaired) electrons. The van der Waals surface area contributed by atoms with E-state index in [1.165, 1.54) is 16.8 Å². The minimum atomic E-state index is -0.529. The summed E-state index contributed by atoms with van der Waals surface area (Å²) in [5, 5.41) is 0. The van der Waals surface area contributed by atoms with Gasteiger partial charge in [-0.3, -0.25) is 18.7 Å². The third-order valence-corrected chi connectivity index (χ3v) is 5.50. The van der Waals surface area contributed by atoms with Crippen LogP contribution >= 0.6 is 0 Å². The van der Waals surface area contributed by atoms with Gasteiger partial charge < -0.3 is 9.64 Å². The van der Waals surface area contributed by atoms with E-state index in [2.05, 4.69) is 0 Å². The Balaban J connectivity index is 1.64. The molecule has 172 valence electrons. The van der Waals surface area contributed by atoms with E-state index in [-0.39, 0.29) is 12.5 Å². The van der Waals surface area contributed by atoms with Crippen LogP contribution in [0.15, 0.2) is 107 Å². The largest absolute Gasteiger partial charge is 0.497 e. The summed E-state index contributed by atoms with van der Waals surface area (Å²) >= 11 is 0. The maximum absolute atomic E-state index is 13.4. The van der Waals surface area contributed by atoms with Crippen molar-refractivity contribution in [2.24, 2.45) is 0 Å². The average Bonchev–Trinajstić information content (AvgIpc) is 2.88. The molecular weight excluding hydrogens is 430 g/mol. The molecule has 0 aliphatic rings. The van der Waals surface area contributed by atoms with E-state index in [9.17, 15) is 14.4 Å². The smallest absolute Gasteiger partial charge is 0.331 e. The van der Waals surface area contributed by atoms with Crippen LogP contribution in [0.4, 0.5) is 5.69 Å². The fraction of sp³-hybridized carbons (Fsp3) is 0.148. The lowest BCUT2D eigenvalue weighted by atomic mass is 10.2. The van der Waals surface area contributed by atoms with Gasteiger partial charge in [0.25, 0.3) is 5.56 Å². The van der Waals surface area contributed by atoms with Crippen LogP contribution in [0.5, 0.6) is 5.75 Å². The highest BCUT2D eigenvalue weighted by Gasteiger charge is 2.19. The van der Waals surface area contributed by atoms with Gasteiger partial charge in [0.2, 0.25) is 5.91 Å². The van der Waals surface area contributed by atoms with Crippen LogP contribution in [0.3, 0.4) is 0 Å². The number of amides is 1. The summed E-state index contributed by atoms with van der Waals surface area (Å²) in [6.07, 6.45) is 1.46. The Morgan fingerprint density at radius 2 is 1.44 bits per heavy atom. The van der Waals surface area contributed by atoms with Crippen molar-refractivity contribution in [1.29, 1.82) is 0 Å². The monoisotopic (exact) mass is 455 g/mol. The first kappa shape index (κ1) is 22.8. The maximum atomic E-state index is 13.4. The Morgan fingerprint density at radius 1 is 0.824 bits per heavy atom. The van der Waals surface area contributed by atoms with Gasteiger partial charge in [0, 0.05) is 18.0 Å². The van der Waals surface area contributed by atoms with E-state index < -0.39 is 11.2 Å². The molecule has 0 spiro atoms. The number of carbonyl (C=O) groups is 1. The molecule has 34 heavy (non-hydrogen) atoms. The van der Waals surface area contributed by atoms with Gasteiger partial charge in [0.05, 0.1) is 20.2 Å². The highest BCUT2D eigenvalue weighted by atomic mass is 16.5. The second-order valence-corrected chi connectivity index (χ2v) is 7.80. The van der Waals surface area contributed by atoms with Crippen molar-refractivity contribution >= 4 is 11.6 Å². The Bertz CT molecular complexity index is 1360. The Morgan fingerprint density at radius 3 is 2.06 bits per heavy atom. The predicted octanol–water partition coefficient (Wildman–Crippen LogP) is 3.30. The predicted molar refractivity (Wildman–Crippen MR) is 131 cm³/mol. The van der Waals surface area contributed by atoms with E-state index in [1.807, 2.05) is 60.7 Å². The van der Waals surface area contributed by atoms with Crippen LogP contribution in [-0.4, -0.2) is 22.2 Å². The number of rotatable bonds is 8. The second kappa shape index (κ2) is 10.5. The summed E-state index contributed by atoms with van der Waals surface area (Å²) in [5.41, 5.74) is 1.44. The third kappa shape index (κ3) is 5.32. The SMILES string of the molecule is COc1ccc(N(Cc2ccccc2)C(=O)Cn2c(=O)ccn(Cc3ccccc3)c2=O)cc1. The molecule has 0 aliphatic heterocycles. The maximum Gasteiger partial charge on any atom is 0.331 e. The van der Waals surface area contributed by atoms with Gasteiger partial charge in [-0.1, -0.05) is 60.7 Å².